The standard InChI is InChI=1S/C11H24O2/c1-6-9(2)7-10(3)8-11(12-4)13-5/h9-11H,6-8H2,1-5H3/t9-,10-/m0/s1. The van der Waals surface area contributed by atoms with Gasteiger partial charge in [0.1, 0.15) is 0 Å². The molecular formula is C11H24O2. The molecule has 0 rings (SSSR count). The molecule has 0 bridgehead atoms. The van der Waals surface area contributed by atoms with E-state index in [1.54, 1.807) is 14.2 Å². The normalized spacial score (nSPS) is 16.2. The van der Waals surface area contributed by atoms with Gasteiger partial charge in [-0.15, -0.1) is 0 Å². The first-order valence-corrected chi connectivity index (χ1v) is 5.19. The SMILES string of the molecule is CC[C@H](C)C[C@H](C)CC(OC)OC. The zero-order chi connectivity index (χ0) is 10.3. The minimum Gasteiger partial charge on any atom is -0.356 e. The molecule has 0 fully saturated rings. The molecule has 0 aliphatic heterocycles. The molecule has 0 unspecified atom stereocenters. The van der Waals surface area contributed by atoms with Crippen molar-refractivity contribution in [2.45, 2.75) is 46.3 Å². The molecule has 0 aromatic rings. The Bertz CT molecular complexity index is 111. The second-order valence-corrected chi connectivity index (χ2v) is 3.99. The van der Waals surface area contributed by atoms with Crippen molar-refractivity contribution < 1.29 is 9.47 Å². The van der Waals surface area contributed by atoms with Crippen molar-refractivity contribution in [1.82, 2.24) is 0 Å². The maximum absolute atomic E-state index is 5.16. The molecule has 0 N–H and O–H groups in total. The molecular weight excluding hydrogens is 164 g/mol. The summed E-state index contributed by atoms with van der Waals surface area (Å²) in [6, 6.07) is 0. The summed E-state index contributed by atoms with van der Waals surface area (Å²) >= 11 is 0. The van der Waals surface area contributed by atoms with Crippen LogP contribution < -0.4 is 0 Å². The van der Waals surface area contributed by atoms with Crippen LogP contribution in [0.3, 0.4) is 0 Å². The summed E-state index contributed by atoms with van der Waals surface area (Å²) in [7, 11) is 3.40. The van der Waals surface area contributed by atoms with E-state index < -0.39 is 0 Å². The Kier molecular flexibility index (Phi) is 7.29. The van der Waals surface area contributed by atoms with Gasteiger partial charge in [0.15, 0.2) is 6.29 Å². The third-order valence-electron chi connectivity index (χ3n) is 2.62. The maximum Gasteiger partial charge on any atom is 0.157 e. The number of hydrogen-bond donors (Lipinski definition) is 0. The van der Waals surface area contributed by atoms with E-state index in [-0.39, 0.29) is 6.29 Å². The second-order valence-electron chi connectivity index (χ2n) is 3.99. The molecule has 2 nitrogen and oxygen atoms in total. The Balaban J connectivity index is 3.65. The largest absolute Gasteiger partial charge is 0.356 e. The molecule has 0 radical (unpaired) electrons. The first-order valence-electron chi connectivity index (χ1n) is 5.19. The highest BCUT2D eigenvalue weighted by Crippen LogP contribution is 2.19. The molecule has 0 amide bonds. The lowest BCUT2D eigenvalue weighted by Gasteiger charge is -2.20. The van der Waals surface area contributed by atoms with Crippen LogP contribution in [0.2, 0.25) is 0 Å². The Morgan fingerprint density at radius 3 is 1.85 bits per heavy atom. The van der Waals surface area contributed by atoms with Crippen molar-refractivity contribution in [3.05, 3.63) is 0 Å². The van der Waals surface area contributed by atoms with Crippen molar-refractivity contribution in [2.24, 2.45) is 11.8 Å². The predicted molar refractivity (Wildman–Crippen MR) is 55.7 cm³/mol. The molecule has 0 saturated carbocycles. The minimum absolute atomic E-state index is 0.0287. The average Bonchev–Trinajstić information content (AvgIpc) is 2.13. The quantitative estimate of drug-likeness (QED) is 0.572. The van der Waals surface area contributed by atoms with Crippen LogP contribution in [0.5, 0.6) is 0 Å². The van der Waals surface area contributed by atoms with E-state index in [9.17, 15) is 0 Å². The fourth-order valence-electron chi connectivity index (χ4n) is 1.57. The van der Waals surface area contributed by atoms with Crippen LogP contribution in [0.4, 0.5) is 0 Å². The van der Waals surface area contributed by atoms with Crippen molar-refractivity contribution in [3.63, 3.8) is 0 Å². The molecule has 13 heavy (non-hydrogen) atoms. The van der Waals surface area contributed by atoms with Gasteiger partial charge in [0.25, 0.3) is 0 Å². The zero-order valence-electron chi connectivity index (χ0n) is 9.67. The fourth-order valence-corrected chi connectivity index (χ4v) is 1.57. The Morgan fingerprint density at radius 2 is 1.46 bits per heavy atom. The van der Waals surface area contributed by atoms with Crippen molar-refractivity contribution in [1.29, 1.82) is 0 Å². The van der Waals surface area contributed by atoms with Crippen molar-refractivity contribution >= 4 is 0 Å². The Morgan fingerprint density at radius 1 is 0.923 bits per heavy atom. The summed E-state index contributed by atoms with van der Waals surface area (Å²) in [4.78, 5) is 0. The van der Waals surface area contributed by atoms with E-state index in [0.29, 0.717) is 5.92 Å². The highest BCUT2D eigenvalue weighted by molar-refractivity contribution is 4.60. The summed E-state index contributed by atoms with van der Waals surface area (Å²) in [5.41, 5.74) is 0. The van der Waals surface area contributed by atoms with Crippen LogP contribution in [0, 0.1) is 11.8 Å². The fraction of sp³-hybridized carbons (Fsp3) is 1.00. The van der Waals surface area contributed by atoms with Crippen LogP contribution in [-0.4, -0.2) is 20.5 Å². The lowest BCUT2D eigenvalue weighted by molar-refractivity contribution is -0.114. The predicted octanol–water partition coefficient (Wildman–Crippen LogP) is 3.07. The Hall–Kier alpha value is -0.0800. The zero-order valence-corrected chi connectivity index (χ0v) is 9.67. The van der Waals surface area contributed by atoms with Gasteiger partial charge in [-0.05, 0) is 18.3 Å². The molecule has 2 atom stereocenters. The van der Waals surface area contributed by atoms with E-state index >= 15 is 0 Å². The van der Waals surface area contributed by atoms with E-state index in [1.165, 1.54) is 12.8 Å². The minimum atomic E-state index is -0.0287. The first-order chi connectivity index (χ1) is 6.13. The monoisotopic (exact) mass is 188 g/mol. The molecule has 0 aromatic carbocycles. The van der Waals surface area contributed by atoms with E-state index in [2.05, 4.69) is 20.8 Å². The van der Waals surface area contributed by atoms with Crippen LogP contribution in [0.15, 0.2) is 0 Å². The number of methoxy groups -OCH3 is 2. The van der Waals surface area contributed by atoms with Crippen molar-refractivity contribution in [3.8, 4) is 0 Å². The summed E-state index contributed by atoms with van der Waals surface area (Å²) in [6.45, 7) is 6.80. The average molecular weight is 188 g/mol. The number of hydrogen-bond acceptors (Lipinski definition) is 2. The molecule has 0 aliphatic carbocycles. The van der Waals surface area contributed by atoms with Crippen LogP contribution in [-0.2, 0) is 9.47 Å². The van der Waals surface area contributed by atoms with Gasteiger partial charge in [-0.25, -0.2) is 0 Å². The third kappa shape index (κ3) is 6.05. The molecule has 2 heteroatoms. The smallest absolute Gasteiger partial charge is 0.157 e. The maximum atomic E-state index is 5.16. The van der Waals surface area contributed by atoms with Gasteiger partial charge in [-0.2, -0.15) is 0 Å². The van der Waals surface area contributed by atoms with Gasteiger partial charge < -0.3 is 9.47 Å². The van der Waals surface area contributed by atoms with Crippen LogP contribution in [0.25, 0.3) is 0 Å². The molecule has 0 saturated heterocycles. The lowest BCUT2D eigenvalue weighted by atomic mass is 9.93. The van der Waals surface area contributed by atoms with Gasteiger partial charge in [0, 0.05) is 20.6 Å². The Labute approximate surface area is 82.6 Å². The van der Waals surface area contributed by atoms with Crippen molar-refractivity contribution in [2.75, 3.05) is 14.2 Å². The molecule has 0 aromatic heterocycles. The van der Waals surface area contributed by atoms with Gasteiger partial charge in [0.05, 0.1) is 0 Å². The molecule has 0 aliphatic rings. The number of rotatable bonds is 7. The van der Waals surface area contributed by atoms with E-state index in [4.69, 9.17) is 9.47 Å². The van der Waals surface area contributed by atoms with E-state index in [1.807, 2.05) is 0 Å². The summed E-state index contributed by atoms with van der Waals surface area (Å²) in [5, 5.41) is 0. The van der Waals surface area contributed by atoms with Gasteiger partial charge in [-0.1, -0.05) is 27.2 Å². The van der Waals surface area contributed by atoms with Crippen LogP contribution in [0.1, 0.15) is 40.0 Å². The summed E-state index contributed by atoms with van der Waals surface area (Å²) < 4.78 is 10.3. The molecule has 0 spiro atoms. The first kappa shape index (κ1) is 12.9. The van der Waals surface area contributed by atoms with Gasteiger partial charge in [-0.3, -0.25) is 0 Å². The molecule has 80 valence electrons. The van der Waals surface area contributed by atoms with Gasteiger partial charge in [0.2, 0.25) is 0 Å². The highest BCUT2D eigenvalue weighted by atomic mass is 16.7. The number of ether oxygens (including phenoxy) is 2. The van der Waals surface area contributed by atoms with Crippen LogP contribution >= 0.6 is 0 Å². The third-order valence-corrected chi connectivity index (χ3v) is 2.62. The lowest BCUT2D eigenvalue weighted by Crippen LogP contribution is -2.17. The summed E-state index contributed by atoms with van der Waals surface area (Å²) in [6.07, 6.45) is 3.49. The topological polar surface area (TPSA) is 18.5 Å². The van der Waals surface area contributed by atoms with Gasteiger partial charge >= 0.3 is 0 Å². The highest BCUT2D eigenvalue weighted by Gasteiger charge is 2.13. The second kappa shape index (κ2) is 7.34. The van der Waals surface area contributed by atoms with E-state index in [0.717, 1.165) is 12.3 Å². The summed E-state index contributed by atoms with van der Waals surface area (Å²) in [5.74, 6) is 1.49. The molecule has 0 heterocycles.